The summed E-state index contributed by atoms with van der Waals surface area (Å²) in [4.78, 5) is 18.4. The third-order valence-electron chi connectivity index (χ3n) is 6.87. The van der Waals surface area contributed by atoms with E-state index in [-0.39, 0.29) is 0 Å². The Kier molecular flexibility index (Phi) is 7.33. The Labute approximate surface area is 231 Å². The molecule has 1 atom stereocenters. The van der Waals surface area contributed by atoms with Crippen LogP contribution in [-0.2, 0) is 6.54 Å². The van der Waals surface area contributed by atoms with Crippen molar-refractivity contribution >= 4 is 33.7 Å². The first-order valence-corrected chi connectivity index (χ1v) is 14.1. The zero-order valence-corrected chi connectivity index (χ0v) is 22.9. The normalized spacial score (nSPS) is 15.3. The highest BCUT2D eigenvalue weighted by Crippen LogP contribution is 2.38. The number of fused-ring (bicyclic) bond motifs is 1. The number of anilines is 2. The van der Waals surface area contributed by atoms with Crippen LogP contribution in [0.3, 0.4) is 0 Å². The number of hydrogen-bond acceptors (Lipinski definition) is 9. The van der Waals surface area contributed by atoms with Gasteiger partial charge in [-0.3, -0.25) is 0 Å². The minimum atomic E-state index is 0.319. The first-order chi connectivity index (χ1) is 19.1. The summed E-state index contributed by atoms with van der Waals surface area (Å²) in [7, 11) is 0. The Morgan fingerprint density at radius 2 is 1.95 bits per heavy atom. The number of aryl methyl sites for hydroxylation is 2. The van der Waals surface area contributed by atoms with Gasteiger partial charge in [0.2, 0.25) is 11.8 Å². The number of rotatable bonds is 8. The van der Waals surface area contributed by atoms with Gasteiger partial charge >= 0.3 is 0 Å². The molecule has 1 unspecified atom stereocenters. The topological polar surface area (TPSA) is 96.9 Å². The molecule has 0 amide bonds. The van der Waals surface area contributed by atoms with E-state index in [1.54, 1.807) is 23.7 Å². The predicted molar refractivity (Wildman–Crippen MR) is 158 cm³/mol. The largest absolute Gasteiger partial charge is 0.437 e. The van der Waals surface area contributed by atoms with E-state index in [2.05, 4.69) is 67.5 Å². The molecule has 2 aromatic carbocycles. The van der Waals surface area contributed by atoms with E-state index in [4.69, 9.17) is 9.72 Å². The first kappa shape index (κ1) is 25.2. The van der Waals surface area contributed by atoms with Crippen molar-refractivity contribution < 1.29 is 4.74 Å². The van der Waals surface area contributed by atoms with E-state index in [1.165, 1.54) is 0 Å². The third-order valence-corrected chi connectivity index (χ3v) is 7.69. The molecule has 5 aromatic rings. The van der Waals surface area contributed by atoms with Gasteiger partial charge in [0.15, 0.2) is 0 Å². The van der Waals surface area contributed by atoms with Crippen LogP contribution < -0.4 is 20.7 Å². The molecule has 9 heteroatoms. The predicted octanol–water partition coefficient (Wildman–Crippen LogP) is 6.33. The molecule has 0 radical (unpaired) electrons. The van der Waals surface area contributed by atoms with Gasteiger partial charge in [0.25, 0.3) is 0 Å². The fourth-order valence-electron chi connectivity index (χ4n) is 4.90. The van der Waals surface area contributed by atoms with E-state index in [9.17, 15) is 0 Å². The number of hydrogen-bond donors (Lipinski definition) is 3. The van der Waals surface area contributed by atoms with Gasteiger partial charge in [0.1, 0.15) is 5.75 Å². The minimum absolute atomic E-state index is 0.319. The quantitative estimate of drug-likeness (QED) is 0.211. The lowest BCUT2D eigenvalue weighted by atomic mass is 10.0. The van der Waals surface area contributed by atoms with Crippen molar-refractivity contribution in [1.82, 2.24) is 25.3 Å². The second-order valence-electron chi connectivity index (χ2n) is 9.73. The number of nitrogens with one attached hydrogen (secondary N) is 3. The highest BCUT2D eigenvalue weighted by Gasteiger charge is 2.17. The second-order valence-corrected chi connectivity index (χ2v) is 10.8. The zero-order chi connectivity index (χ0) is 26.6. The molecule has 0 aliphatic carbocycles. The van der Waals surface area contributed by atoms with E-state index in [1.807, 2.05) is 31.2 Å². The molecule has 0 saturated carbocycles. The van der Waals surface area contributed by atoms with Crippen molar-refractivity contribution in [1.29, 1.82) is 0 Å². The SMILES string of the molecule is Cc1nc(CNc2cccc3c(Oc4ncccc4-c4ccnc(NC5CCCNC5)n4)c(C)ccc23)cs1. The molecule has 8 nitrogen and oxygen atoms in total. The smallest absolute Gasteiger partial charge is 0.228 e. The molecule has 198 valence electrons. The third kappa shape index (κ3) is 5.69. The standard InChI is InChI=1S/C30H31N7OS/c1-19-10-11-23-24(7-3-9-26(23)34-17-22-18-39-20(2)35-22)28(19)38-29-25(8-5-14-32-29)27-12-15-33-30(37-27)36-21-6-4-13-31-16-21/h3,5,7-12,14-15,18,21,31,34H,4,6,13,16-17H2,1-2H3,(H,33,36,37). The number of benzene rings is 2. The van der Waals surface area contributed by atoms with Crippen molar-refractivity contribution in [2.24, 2.45) is 0 Å². The summed E-state index contributed by atoms with van der Waals surface area (Å²) in [5.41, 5.74) is 4.68. The highest BCUT2D eigenvalue weighted by molar-refractivity contribution is 7.09. The Hall–Kier alpha value is -4.08. The maximum absolute atomic E-state index is 6.58. The summed E-state index contributed by atoms with van der Waals surface area (Å²) in [5, 5.41) is 15.7. The molecule has 3 N–H and O–H groups in total. The highest BCUT2D eigenvalue weighted by atomic mass is 32.1. The summed E-state index contributed by atoms with van der Waals surface area (Å²) in [5.74, 6) is 1.90. The van der Waals surface area contributed by atoms with Gasteiger partial charge in [0, 0.05) is 46.8 Å². The Morgan fingerprint density at radius 1 is 1.00 bits per heavy atom. The van der Waals surface area contributed by atoms with Gasteiger partial charge in [-0.25, -0.2) is 19.9 Å². The van der Waals surface area contributed by atoms with Gasteiger partial charge in [-0.05, 0) is 63.1 Å². The number of piperidine rings is 1. The average Bonchev–Trinajstić information content (AvgIpc) is 3.39. The molecule has 6 rings (SSSR count). The van der Waals surface area contributed by atoms with E-state index in [0.29, 0.717) is 24.4 Å². The lowest BCUT2D eigenvalue weighted by Crippen LogP contribution is -2.38. The van der Waals surface area contributed by atoms with Crippen LogP contribution in [0.1, 0.15) is 29.1 Å². The van der Waals surface area contributed by atoms with Crippen LogP contribution >= 0.6 is 11.3 Å². The molecule has 1 aliphatic rings. The second kappa shape index (κ2) is 11.3. The van der Waals surface area contributed by atoms with Gasteiger partial charge in [-0.15, -0.1) is 11.3 Å². The van der Waals surface area contributed by atoms with Gasteiger partial charge < -0.3 is 20.7 Å². The molecule has 39 heavy (non-hydrogen) atoms. The molecule has 0 spiro atoms. The summed E-state index contributed by atoms with van der Waals surface area (Å²) in [6.07, 6.45) is 5.77. The summed E-state index contributed by atoms with van der Waals surface area (Å²) < 4.78 is 6.58. The fraction of sp³-hybridized carbons (Fsp3) is 0.267. The Morgan fingerprint density at radius 3 is 2.79 bits per heavy atom. The van der Waals surface area contributed by atoms with Crippen molar-refractivity contribution in [3.05, 3.63) is 82.6 Å². The molecule has 1 aliphatic heterocycles. The summed E-state index contributed by atoms with van der Waals surface area (Å²) in [6, 6.07) is 16.5. The monoisotopic (exact) mass is 537 g/mol. The van der Waals surface area contributed by atoms with Crippen molar-refractivity contribution in [2.75, 3.05) is 23.7 Å². The number of thiazole rings is 1. The van der Waals surface area contributed by atoms with Crippen LogP contribution in [-0.4, -0.2) is 39.1 Å². The molecule has 0 bridgehead atoms. The number of aromatic nitrogens is 4. The fourth-order valence-corrected chi connectivity index (χ4v) is 5.52. The van der Waals surface area contributed by atoms with Crippen LogP contribution in [0.5, 0.6) is 11.6 Å². The van der Waals surface area contributed by atoms with E-state index < -0.39 is 0 Å². The number of ether oxygens (including phenoxy) is 1. The Balaban J connectivity index is 1.30. The molecule has 3 aromatic heterocycles. The van der Waals surface area contributed by atoms with E-state index in [0.717, 1.165) is 75.7 Å². The van der Waals surface area contributed by atoms with Crippen LogP contribution in [0.2, 0.25) is 0 Å². The maximum atomic E-state index is 6.58. The molecule has 4 heterocycles. The maximum Gasteiger partial charge on any atom is 0.228 e. The van der Waals surface area contributed by atoms with Crippen molar-refractivity contribution in [3.63, 3.8) is 0 Å². The molecular weight excluding hydrogens is 506 g/mol. The lowest BCUT2D eigenvalue weighted by molar-refractivity contribution is 0.466. The number of pyridine rings is 1. The Bertz CT molecular complexity index is 1600. The van der Waals surface area contributed by atoms with Crippen LogP contribution in [0, 0.1) is 13.8 Å². The zero-order valence-electron chi connectivity index (χ0n) is 22.1. The van der Waals surface area contributed by atoms with Crippen molar-refractivity contribution in [3.8, 4) is 22.9 Å². The van der Waals surface area contributed by atoms with Gasteiger partial charge in [-0.1, -0.05) is 24.3 Å². The number of nitrogens with zero attached hydrogens (tertiary/aromatic N) is 4. The minimum Gasteiger partial charge on any atom is -0.437 e. The van der Waals surface area contributed by atoms with Gasteiger partial charge in [0.05, 0.1) is 28.5 Å². The van der Waals surface area contributed by atoms with Gasteiger partial charge in [-0.2, -0.15) is 0 Å². The lowest BCUT2D eigenvalue weighted by Gasteiger charge is -2.23. The van der Waals surface area contributed by atoms with E-state index >= 15 is 0 Å². The first-order valence-electron chi connectivity index (χ1n) is 13.2. The summed E-state index contributed by atoms with van der Waals surface area (Å²) >= 11 is 1.66. The molecule has 1 saturated heterocycles. The average molecular weight is 538 g/mol. The van der Waals surface area contributed by atoms with Crippen LogP contribution in [0.15, 0.2) is 66.3 Å². The van der Waals surface area contributed by atoms with Crippen molar-refractivity contribution in [2.45, 2.75) is 39.3 Å². The molecule has 1 fully saturated rings. The molecular formula is C30H31N7OS. The summed E-state index contributed by atoms with van der Waals surface area (Å²) in [6.45, 7) is 6.72. The van der Waals surface area contributed by atoms with Crippen LogP contribution in [0.4, 0.5) is 11.6 Å². The van der Waals surface area contributed by atoms with Crippen LogP contribution in [0.25, 0.3) is 22.0 Å².